The molecule has 2 amide bonds. The molecule has 1 aliphatic rings. The van der Waals surface area contributed by atoms with Crippen LogP contribution in [0.5, 0.6) is 0 Å². The van der Waals surface area contributed by atoms with Crippen molar-refractivity contribution < 1.29 is 9.59 Å². The number of halogens is 1. The summed E-state index contributed by atoms with van der Waals surface area (Å²) < 4.78 is 1.81. The molecule has 174 valence electrons. The number of nitrogens with zero attached hydrogens (tertiary/aromatic N) is 5. The number of hydrogen-bond acceptors (Lipinski definition) is 6. The molecule has 9 nitrogen and oxygen atoms in total. The third-order valence-electron chi connectivity index (χ3n) is 5.59. The second-order valence-electron chi connectivity index (χ2n) is 8.24. The summed E-state index contributed by atoms with van der Waals surface area (Å²) in [5.41, 5.74) is 5.50. The first-order valence-electron chi connectivity index (χ1n) is 10.7. The second-order valence-corrected chi connectivity index (χ2v) is 9.64. The van der Waals surface area contributed by atoms with Gasteiger partial charge in [-0.25, -0.2) is 14.6 Å². The van der Waals surface area contributed by atoms with Crippen LogP contribution >= 0.6 is 22.9 Å². The van der Waals surface area contributed by atoms with Crippen molar-refractivity contribution in [1.82, 2.24) is 29.6 Å². The standard InChI is InChI=1S/C23H22ClN7O2S/c1-12(32)27-23-28-16-6-4-5-14-19(17-10-25-11-26-17)29-31(20(14)21(16)34-23)18-8-7-13(9-15(18)24)22(33)30(2)3/h7-11H,4-6H2,1-3H3,(H,25,26)(H,27,28,32). The van der Waals surface area contributed by atoms with Crippen LogP contribution in [0.15, 0.2) is 30.7 Å². The molecule has 0 radical (unpaired) electrons. The summed E-state index contributed by atoms with van der Waals surface area (Å²) in [4.78, 5) is 38.6. The van der Waals surface area contributed by atoms with Crippen molar-refractivity contribution in [2.24, 2.45) is 0 Å². The number of H-pyrrole nitrogens is 1. The normalized spacial score (nSPS) is 12.6. The quantitative estimate of drug-likeness (QED) is 0.441. The molecule has 3 aromatic heterocycles. The fraction of sp³-hybridized carbons (Fsp3) is 0.261. The average molecular weight is 496 g/mol. The predicted molar refractivity (Wildman–Crippen MR) is 132 cm³/mol. The van der Waals surface area contributed by atoms with Gasteiger partial charge in [0.1, 0.15) is 11.4 Å². The molecule has 0 spiro atoms. The van der Waals surface area contributed by atoms with Gasteiger partial charge in [-0.15, -0.1) is 0 Å². The number of anilines is 1. The molecular formula is C23H22ClN7O2S. The molecule has 0 bridgehead atoms. The van der Waals surface area contributed by atoms with Crippen LogP contribution in [0.4, 0.5) is 5.13 Å². The smallest absolute Gasteiger partial charge is 0.253 e. The number of hydrogen-bond donors (Lipinski definition) is 2. The maximum Gasteiger partial charge on any atom is 0.253 e. The summed E-state index contributed by atoms with van der Waals surface area (Å²) in [5, 5.41) is 8.69. The van der Waals surface area contributed by atoms with Crippen LogP contribution in [-0.2, 0) is 17.6 Å². The Morgan fingerprint density at radius 2 is 2.09 bits per heavy atom. The molecule has 0 unspecified atom stereocenters. The Kier molecular flexibility index (Phi) is 5.70. The highest BCUT2D eigenvalue weighted by Gasteiger charge is 2.29. The Morgan fingerprint density at radius 3 is 2.76 bits per heavy atom. The lowest BCUT2D eigenvalue weighted by molar-refractivity contribution is -0.114. The Balaban J connectivity index is 1.73. The third-order valence-corrected chi connectivity index (χ3v) is 6.91. The van der Waals surface area contributed by atoms with E-state index in [0.717, 1.165) is 52.5 Å². The van der Waals surface area contributed by atoms with E-state index < -0.39 is 0 Å². The Bertz CT molecular complexity index is 1410. The minimum Gasteiger partial charge on any atom is -0.351 e. The number of aromatic amines is 1. The number of carbonyl (C=O) groups is 2. The van der Waals surface area contributed by atoms with Crippen LogP contribution in [-0.4, -0.2) is 55.5 Å². The van der Waals surface area contributed by atoms with Gasteiger partial charge in [-0.05, 0) is 37.5 Å². The summed E-state index contributed by atoms with van der Waals surface area (Å²) in [5.74, 6) is -0.298. The number of nitrogens with one attached hydrogen (secondary N) is 2. The van der Waals surface area contributed by atoms with Crippen molar-refractivity contribution >= 4 is 39.9 Å². The Labute approximate surface area is 204 Å². The first kappa shape index (κ1) is 22.3. The van der Waals surface area contributed by atoms with Gasteiger partial charge in [-0.1, -0.05) is 22.9 Å². The zero-order valence-corrected chi connectivity index (χ0v) is 20.4. The van der Waals surface area contributed by atoms with Crippen LogP contribution in [0.3, 0.4) is 0 Å². The third kappa shape index (κ3) is 3.88. The van der Waals surface area contributed by atoms with Crippen molar-refractivity contribution in [2.75, 3.05) is 19.4 Å². The van der Waals surface area contributed by atoms with Crippen molar-refractivity contribution in [1.29, 1.82) is 0 Å². The summed E-state index contributed by atoms with van der Waals surface area (Å²) >= 11 is 8.13. The molecule has 3 heterocycles. The summed E-state index contributed by atoms with van der Waals surface area (Å²) in [7, 11) is 3.40. The van der Waals surface area contributed by atoms with Gasteiger partial charge < -0.3 is 15.2 Å². The fourth-order valence-electron chi connectivity index (χ4n) is 4.10. The number of aryl methyl sites for hydroxylation is 1. The van der Waals surface area contributed by atoms with E-state index in [1.54, 1.807) is 38.6 Å². The lowest BCUT2D eigenvalue weighted by Gasteiger charge is -2.13. The fourth-order valence-corrected chi connectivity index (χ4v) is 5.48. The van der Waals surface area contributed by atoms with Crippen LogP contribution in [0.25, 0.3) is 27.6 Å². The molecule has 4 aromatic rings. The highest BCUT2D eigenvalue weighted by molar-refractivity contribution is 7.19. The van der Waals surface area contributed by atoms with E-state index in [0.29, 0.717) is 21.4 Å². The van der Waals surface area contributed by atoms with E-state index >= 15 is 0 Å². The highest BCUT2D eigenvalue weighted by atomic mass is 35.5. The minimum absolute atomic E-state index is 0.130. The predicted octanol–water partition coefficient (Wildman–Crippen LogP) is 4.19. The SMILES string of the molecule is CC(=O)Nc1nc2c(s1)-c1c(c(-c3c[nH]cn3)nn1-c1ccc(C(=O)N(C)C)cc1Cl)CCC2. The van der Waals surface area contributed by atoms with Gasteiger partial charge in [-0.2, -0.15) is 5.10 Å². The van der Waals surface area contributed by atoms with Gasteiger partial charge in [-0.3, -0.25) is 9.59 Å². The summed E-state index contributed by atoms with van der Waals surface area (Å²) in [6, 6.07) is 5.22. The molecule has 0 aliphatic heterocycles. The van der Waals surface area contributed by atoms with Gasteiger partial charge >= 0.3 is 0 Å². The van der Waals surface area contributed by atoms with Crippen molar-refractivity contribution in [3.63, 3.8) is 0 Å². The van der Waals surface area contributed by atoms with E-state index in [1.807, 2.05) is 10.9 Å². The summed E-state index contributed by atoms with van der Waals surface area (Å²) in [6.45, 7) is 1.47. The number of imidazole rings is 1. The molecule has 11 heteroatoms. The summed E-state index contributed by atoms with van der Waals surface area (Å²) in [6.07, 6.45) is 5.90. The first-order valence-corrected chi connectivity index (χ1v) is 11.9. The van der Waals surface area contributed by atoms with Gasteiger partial charge in [0.05, 0.1) is 33.3 Å². The van der Waals surface area contributed by atoms with Crippen LogP contribution in [0, 0.1) is 0 Å². The van der Waals surface area contributed by atoms with Crippen LogP contribution < -0.4 is 5.32 Å². The number of carbonyl (C=O) groups excluding carboxylic acids is 2. The van der Waals surface area contributed by atoms with Gasteiger partial charge in [0.2, 0.25) is 5.91 Å². The van der Waals surface area contributed by atoms with E-state index in [4.69, 9.17) is 16.7 Å². The molecular weight excluding hydrogens is 474 g/mol. The topological polar surface area (TPSA) is 109 Å². The molecule has 0 fully saturated rings. The number of benzene rings is 1. The van der Waals surface area contributed by atoms with E-state index in [2.05, 4.69) is 20.3 Å². The van der Waals surface area contributed by atoms with E-state index in [9.17, 15) is 9.59 Å². The number of aromatic nitrogens is 5. The minimum atomic E-state index is -0.168. The monoisotopic (exact) mass is 495 g/mol. The van der Waals surface area contributed by atoms with Crippen molar-refractivity contribution in [2.45, 2.75) is 26.2 Å². The Hall–Kier alpha value is -3.50. The molecule has 34 heavy (non-hydrogen) atoms. The maximum absolute atomic E-state index is 12.4. The lowest BCUT2D eigenvalue weighted by atomic mass is 10.1. The zero-order valence-electron chi connectivity index (χ0n) is 18.8. The van der Waals surface area contributed by atoms with Gasteiger partial charge in [0.25, 0.3) is 5.91 Å². The largest absolute Gasteiger partial charge is 0.351 e. The van der Waals surface area contributed by atoms with Gasteiger partial charge in [0, 0.05) is 38.3 Å². The molecule has 5 rings (SSSR count). The van der Waals surface area contributed by atoms with Gasteiger partial charge in [0.15, 0.2) is 5.13 Å². The molecule has 2 N–H and O–H groups in total. The van der Waals surface area contributed by atoms with Crippen LogP contribution in [0.2, 0.25) is 5.02 Å². The second kappa shape index (κ2) is 8.69. The molecule has 1 aromatic carbocycles. The molecule has 0 atom stereocenters. The molecule has 1 aliphatic carbocycles. The van der Waals surface area contributed by atoms with E-state index in [-0.39, 0.29) is 11.8 Å². The first-order chi connectivity index (χ1) is 16.3. The number of thiazole rings is 1. The average Bonchev–Trinajstić information content (AvgIpc) is 3.50. The van der Waals surface area contributed by atoms with Crippen LogP contribution in [0.1, 0.15) is 35.0 Å². The number of fused-ring (bicyclic) bond motifs is 3. The maximum atomic E-state index is 12.4. The number of rotatable bonds is 4. The van der Waals surface area contributed by atoms with E-state index in [1.165, 1.54) is 23.2 Å². The van der Waals surface area contributed by atoms with Crippen molar-refractivity contribution in [3.8, 4) is 27.6 Å². The Morgan fingerprint density at radius 1 is 1.26 bits per heavy atom. The molecule has 0 saturated carbocycles. The van der Waals surface area contributed by atoms with Crippen molar-refractivity contribution in [3.05, 3.63) is 52.6 Å². The number of amides is 2. The molecule has 0 saturated heterocycles. The highest BCUT2D eigenvalue weighted by Crippen LogP contribution is 2.43. The zero-order chi connectivity index (χ0) is 24.0. The lowest BCUT2D eigenvalue weighted by Crippen LogP contribution is -2.21.